The smallest absolute Gasteiger partial charge is 0.293 e. The predicted octanol–water partition coefficient (Wildman–Crippen LogP) is 2.55. The highest BCUT2D eigenvalue weighted by molar-refractivity contribution is 6.05. The normalized spacial score (nSPS) is 13.5. The van der Waals surface area contributed by atoms with Crippen LogP contribution in [-0.2, 0) is 0 Å². The second-order valence-corrected chi connectivity index (χ2v) is 6.05. The number of nitrogens with zero attached hydrogens (tertiary/aromatic N) is 2. The van der Waals surface area contributed by atoms with Crippen LogP contribution in [0.2, 0.25) is 0 Å². The van der Waals surface area contributed by atoms with E-state index in [-0.39, 0.29) is 16.8 Å². The molecule has 8 nitrogen and oxygen atoms in total. The van der Waals surface area contributed by atoms with Crippen molar-refractivity contribution < 1.29 is 14.5 Å². The fourth-order valence-corrected chi connectivity index (χ4v) is 2.99. The van der Waals surface area contributed by atoms with E-state index in [1.807, 2.05) is 4.90 Å². The number of rotatable bonds is 5. The van der Waals surface area contributed by atoms with E-state index in [0.29, 0.717) is 11.4 Å². The van der Waals surface area contributed by atoms with Crippen LogP contribution in [0.3, 0.4) is 0 Å². The minimum atomic E-state index is -0.605. The number of primary amides is 1. The van der Waals surface area contributed by atoms with Crippen LogP contribution in [0.4, 0.5) is 17.1 Å². The Kier molecular flexibility index (Phi) is 4.83. The van der Waals surface area contributed by atoms with Crippen LogP contribution in [0.15, 0.2) is 42.5 Å². The van der Waals surface area contributed by atoms with Gasteiger partial charge in [-0.15, -0.1) is 0 Å². The van der Waals surface area contributed by atoms with Crippen molar-refractivity contribution in [2.45, 2.75) is 12.8 Å². The first-order chi connectivity index (χ1) is 12.5. The molecule has 0 aliphatic carbocycles. The van der Waals surface area contributed by atoms with Crippen molar-refractivity contribution in [1.82, 2.24) is 0 Å². The molecule has 0 spiro atoms. The second kappa shape index (κ2) is 7.22. The highest BCUT2D eigenvalue weighted by atomic mass is 16.6. The lowest BCUT2D eigenvalue weighted by atomic mass is 10.1. The number of carbonyl (C=O) groups is 2. The van der Waals surface area contributed by atoms with Crippen molar-refractivity contribution in [3.8, 4) is 0 Å². The van der Waals surface area contributed by atoms with Crippen LogP contribution in [0.5, 0.6) is 0 Å². The van der Waals surface area contributed by atoms with Crippen LogP contribution < -0.4 is 16.0 Å². The van der Waals surface area contributed by atoms with Crippen LogP contribution in [-0.4, -0.2) is 29.8 Å². The Morgan fingerprint density at radius 2 is 1.81 bits per heavy atom. The van der Waals surface area contributed by atoms with Gasteiger partial charge in [0.05, 0.1) is 4.92 Å². The summed E-state index contributed by atoms with van der Waals surface area (Å²) in [4.78, 5) is 36.6. The molecule has 0 unspecified atom stereocenters. The first kappa shape index (κ1) is 17.4. The van der Waals surface area contributed by atoms with Crippen LogP contribution in [0, 0.1) is 10.1 Å². The summed E-state index contributed by atoms with van der Waals surface area (Å²) in [7, 11) is 0. The molecule has 8 heteroatoms. The van der Waals surface area contributed by atoms with Gasteiger partial charge in [0.1, 0.15) is 5.69 Å². The Balaban J connectivity index is 1.85. The molecular formula is C18H18N4O4. The third-order valence-corrected chi connectivity index (χ3v) is 4.29. The third kappa shape index (κ3) is 3.64. The van der Waals surface area contributed by atoms with Crippen molar-refractivity contribution in [3.05, 3.63) is 63.7 Å². The van der Waals surface area contributed by atoms with E-state index < -0.39 is 16.7 Å². The average molecular weight is 354 g/mol. The van der Waals surface area contributed by atoms with Gasteiger partial charge in [-0.3, -0.25) is 19.7 Å². The van der Waals surface area contributed by atoms with E-state index in [2.05, 4.69) is 5.32 Å². The molecule has 134 valence electrons. The minimum Gasteiger partial charge on any atom is -0.366 e. The zero-order valence-electron chi connectivity index (χ0n) is 14.0. The highest BCUT2D eigenvalue weighted by Gasteiger charge is 2.23. The lowest BCUT2D eigenvalue weighted by molar-refractivity contribution is -0.384. The van der Waals surface area contributed by atoms with E-state index in [9.17, 15) is 19.7 Å². The maximum Gasteiger partial charge on any atom is 0.293 e. The van der Waals surface area contributed by atoms with Gasteiger partial charge in [-0.25, -0.2) is 0 Å². The van der Waals surface area contributed by atoms with Crippen molar-refractivity contribution in [2.75, 3.05) is 23.3 Å². The Labute approximate surface area is 149 Å². The maximum absolute atomic E-state index is 12.4. The number of anilines is 2. The SMILES string of the molecule is NC(=O)c1cccc(NC(=O)c2ccc(N3CCCC3)c([N+](=O)[O-])c2)c1. The summed E-state index contributed by atoms with van der Waals surface area (Å²) >= 11 is 0. The summed E-state index contributed by atoms with van der Waals surface area (Å²) in [6.07, 6.45) is 1.99. The molecule has 2 amide bonds. The predicted molar refractivity (Wildman–Crippen MR) is 97.5 cm³/mol. The second-order valence-electron chi connectivity index (χ2n) is 6.05. The van der Waals surface area contributed by atoms with Gasteiger partial charge in [-0.05, 0) is 43.2 Å². The molecule has 3 N–H and O–H groups in total. The molecule has 1 saturated heterocycles. The Hall–Kier alpha value is -3.42. The summed E-state index contributed by atoms with van der Waals surface area (Å²) in [6.45, 7) is 1.54. The van der Waals surface area contributed by atoms with Gasteiger partial charge < -0.3 is 16.0 Å². The Morgan fingerprint density at radius 1 is 1.08 bits per heavy atom. The molecule has 2 aromatic carbocycles. The molecule has 1 aliphatic heterocycles. The number of hydrogen-bond acceptors (Lipinski definition) is 5. The molecule has 0 saturated carbocycles. The van der Waals surface area contributed by atoms with Crippen LogP contribution in [0.1, 0.15) is 33.6 Å². The number of hydrogen-bond donors (Lipinski definition) is 2. The molecule has 1 fully saturated rings. The van der Waals surface area contributed by atoms with E-state index in [0.717, 1.165) is 25.9 Å². The number of amides is 2. The fourth-order valence-electron chi connectivity index (χ4n) is 2.99. The number of nitrogens with two attached hydrogens (primary N) is 1. The van der Waals surface area contributed by atoms with Gasteiger partial charge in [0, 0.05) is 36.0 Å². The molecule has 26 heavy (non-hydrogen) atoms. The fraction of sp³-hybridized carbons (Fsp3) is 0.222. The van der Waals surface area contributed by atoms with Gasteiger partial charge in [0.2, 0.25) is 5.91 Å². The first-order valence-electron chi connectivity index (χ1n) is 8.20. The average Bonchev–Trinajstić information content (AvgIpc) is 3.15. The molecule has 2 aromatic rings. The molecule has 3 rings (SSSR count). The molecule has 0 atom stereocenters. The van der Waals surface area contributed by atoms with Gasteiger partial charge in [-0.2, -0.15) is 0 Å². The molecule has 0 radical (unpaired) electrons. The van der Waals surface area contributed by atoms with E-state index >= 15 is 0 Å². The Morgan fingerprint density at radius 3 is 2.46 bits per heavy atom. The number of nitro benzene ring substituents is 1. The number of benzene rings is 2. The first-order valence-corrected chi connectivity index (χ1v) is 8.20. The summed E-state index contributed by atoms with van der Waals surface area (Å²) in [6, 6.07) is 10.6. The molecule has 1 heterocycles. The lowest BCUT2D eigenvalue weighted by Crippen LogP contribution is -2.20. The van der Waals surface area contributed by atoms with Crippen molar-refractivity contribution in [2.24, 2.45) is 5.73 Å². The van der Waals surface area contributed by atoms with Crippen molar-refractivity contribution in [1.29, 1.82) is 0 Å². The Bertz CT molecular complexity index is 875. The summed E-state index contributed by atoms with van der Waals surface area (Å²) in [5, 5.41) is 14.1. The number of nitro groups is 1. The quantitative estimate of drug-likeness (QED) is 0.632. The standard InChI is InChI=1S/C18H18N4O4/c19-17(23)12-4-3-5-14(10-12)20-18(24)13-6-7-15(16(11-13)22(25)26)21-8-1-2-9-21/h3-7,10-11H,1-2,8-9H2,(H2,19,23)(H,20,24). The number of carbonyl (C=O) groups excluding carboxylic acids is 2. The molecular weight excluding hydrogens is 336 g/mol. The lowest BCUT2D eigenvalue weighted by Gasteiger charge is -2.17. The summed E-state index contributed by atoms with van der Waals surface area (Å²) in [5.41, 5.74) is 6.48. The molecule has 0 bridgehead atoms. The molecule has 0 aromatic heterocycles. The van der Waals surface area contributed by atoms with Crippen molar-refractivity contribution >= 4 is 28.9 Å². The van der Waals surface area contributed by atoms with Crippen LogP contribution >= 0.6 is 0 Å². The van der Waals surface area contributed by atoms with Gasteiger partial charge >= 0.3 is 0 Å². The maximum atomic E-state index is 12.4. The van der Waals surface area contributed by atoms with Gasteiger partial charge in [-0.1, -0.05) is 6.07 Å². The van der Waals surface area contributed by atoms with E-state index in [1.54, 1.807) is 24.3 Å². The summed E-state index contributed by atoms with van der Waals surface area (Å²) < 4.78 is 0. The minimum absolute atomic E-state index is 0.0922. The van der Waals surface area contributed by atoms with Crippen molar-refractivity contribution in [3.63, 3.8) is 0 Å². The largest absolute Gasteiger partial charge is 0.366 e. The molecule has 1 aliphatic rings. The van der Waals surface area contributed by atoms with Gasteiger partial charge in [0.15, 0.2) is 0 Å². The zero-order valence-corrected chi connectivity index (χ0v) is 14.0. The zero-order chi connectivity index (χ0) is 18.7. The highest BCUT2D eigenvalue weighted by Crippen LogP contribution is 2.31. The summed E-state index contributed by atoms with van der Waals surface area (Å²) in [5.74, 6) is -1.10. The topological polar surface area (TPSA) is 119 Å². The third-order valence-electron chi connectivity index (χ3n) is 4.29. The van der Waals surface area contributed by atoms with E-state index in [1.165, 1.54) is 18.2 Å². The van der Waals surface area contributed by atoms with Crippen LogP contribution in [0.25, 0.3) is 0 Å². The monoisotopic (exact) mass is 354 g/mol. The van der Waals surface area contributed by atoms with E-state index in [4.69, 9.17) is 5.73 Å². The van der Waals surface area contributed by atoms with Gasteiger partial charge in [0.25, 0.3) is 11.6 Å². The number of nitrogens with one attached hydrogen (secondary N) is 1.